The highest BCUT2D eigenvalue weighted by molar-refractivity contribution is 8.00. The van der Waals surface area contributed by atoms with Crippen LogP contribution >= 0.6 is 11.8 Å². The summed E-state index contributed by atoms with van der Waals surface area (Å²) in [5, 5.41) is 0. The molecule has 0 aliphatic heterocycles. The van der Waals surface area contributed by atoms with Crippen molar-refractivity contribution in [1.29, 1.82) is 0 Å². The molecule has 1 aromatic carbocycles. The first-order chi connectivity index (χ1) is 6.37. The van der Waals surface area contributed by atoms with Gasteiger partial charge in [-0.1, -0.05) is 43.7 Å². The molecule has 0 aromatic heterocycles. The van der Waals surface area contributed by atoms with E-state index in [1.807, 2.05) is 0 Å². The highest BCUT2D eigenvalue weighted by Crippen LogP contribution is 2.52. The molecule has 1 aliphatic rings. The number of thioether (sulfide) groups is 1. The molecule has 0 N–H and O–H groups in total. The van der Waals surface area contributed by atoms with E-state index in [1.54, 1.807) is 0 Å². The summed E-state index contributed by atoms with van der Waals surface area (Å²) in [5.74, 6) is 1.23. The average molecular weight is 192 g/mol. The molecule has 1 aliphatic carbocycles. The fourth-order valence-electron chi connectivity index (χ4n) is 2.03. The van der Waals surface area contributed by atoms with Gasteiger partial charge in [-0.3, -0.25) is 0 Å². The van der Waals surface area contributed by atoms with E-state index in [1.165, 1.54) is 30.6 Å². The summed E-state index contributed by atoms with van der Waals surface area (Å²) in [6.07, 6.45) is 4.15. The van der Waals surface area contributed by atoms with E-state index < -0.39 is 0 Å². The zero-order valence-electron chi connectivity index (χ0n) is 8.12. The lowest BCUT2D eigenvalue weighted by atomic mass is 9.79. The molecule has 70 valence electrons. The highest BCUT2D eigenvalue weighted by Gasteiger charge is 2.38. The maximum absolute atomic E-state index is 2.28. The van der Waals surface area contributed by atoms with Crippen molar-refractivity contribution >= 4 is 11.8 Å². The molecular formula is C12H16S. The van der Waals surface area contributed by atoms with E-state index in [0.29, 0.717) is 4.75 Å². The molecule has 0 radical (unpaired) electrons. The van der Waals surface area contributed by atoms with Crippen molar-refractivity contribution in [3.8, 4) is 0 Å². The quantitative estimate of drug-likeness (QED) is 0.701. The highest BCUT2D eigenvalue weighted by atomic mass is 32.2. The minimum Gasteiger partial charge on any atom is -0.151 e. The molecule has 0 spiro atoms. The van der Waals surface area contributed by atoms with E-state index in [0.717, 1.165) is 0 Å². The molecule has 13 heavy (non-hydrogen) atoms. The average Bonchev–Trinajstić information content (AvgIpc) is 2.13. The molecule has 1 heteroatoms. The lowest BCUT2D eigenvalue weighted by Gasteiger charge is -2.41. The first-order valence-corrected chi connectivity index (χ1v) is 6.05. The van der Waals surface area contributed by atoms with Gasteiger partial charge in [-0.25, -0.2) is 0 Å². The van der Waals surface area contributed by atoms with Crippen molar-refractivity contribution in [2.24, 2.45) is 0 Å². The van der Waals surface area contributed by atoms with Crippen LogP contribution in [0, 0.1) is 0 Å². The smallest absolute Gasteiger partial charge is 0.0408 e. The van der Waals surface area contributed by atoms with Crippen molar-refractivity contribution in [2.45, 2.75) is 30.9 Å². The van der Waals surface area contributed by atoms with E-state index in [2.05, 4.69) is 49.0 Å². The van der Waals surface area contributed by atoms with Gasteiger partial charge in [-0.2, -0.15) is 11.8 Å². The molecule has 0 heterocycles. The summed E-state index contributed by atoms with van der Waals surface area (Å²) in [6.45, 7) is 2.26. The Morgan fingerprint density at radius 1 is 1.23 bits per heavy atom. The maximum Gasteiger partial charge on any atom is 0.0408 e. The molecule has 0 amide bonds. The van der Waals surface area contributed by atoms with Crippen LogP contribution in [0.25, 0.3) is 0 Å². The van der Waals surface area contributed by atoms with Gasteiger partial charge in [0.2, 0.25) is 0 Å². The third-order valence-electron chi connectivity index (χ3n) is 2.88. The van der Waals surface area contributed by atoms with Crippen LogP contribution in [0.3, 0.4) is 0 Å². The van der Waals surface area contributed by atoms with Gasteiger partial charge < -0.3 is 0 Å². The molecule has 1 aromatic rings. The lowest BCUT2D eigenvalue weighted by molar-refractivity contribution is 0.373. The second kappa shape index (κ2) is 3.75. The molecule has 0 atom stereocenters. The second-order valence-corrected chi connectivity index (χ2v) is 5.29. The molecule has 0 nitrogen and oxygen atoms in total. The summed E-state index contributed by atoms with van der Waals surface area (Å²) in [6, 6.07) is 11.0. The maximum atomic E-state index is 2.28. The minimum atomic E-state index is 0.482. The Morgan fingerprint density at radius 3 is 2.38 bits per heavy atom. The summed E-state index contributed by atoms with van der Waals surface area (Å²) in [5.41, 5.74) is 1.54. The Balaban J connectivity index is 2.22. The van der Waals surface area contributed by atoms with Gasteiger partial charge in [-0.05, 0) is 24.2 Å². The Kier molecular flexibility index (Phi) is 2.63. The number of benzene rings is 1. The SMILES string of the molecule is CCSC1(c2ccccc2)CCC1. The van der Waals surface area contributed by atoms with Gasteiger partial charge in [0, 0.05) is 4.75 Å². The van der Waals surface area contributed by atoms with Gasteiger partial charge in [-0.15, -0.1) is 0 Å². The Morgan fingerprint density at radius 2 is 1.92 bits per heavy atom. The zero-order chi connectivity index (χ0) is 9.15. The monoisotopic (exact) mass is 192 g/mol. The van der Waals surface area contributed by atoms with Crippen molar-refractivity contribution in [2.75, 3.05) is 5.75 Å². The van der Waals surface area contributed by atoms with Crippen LogP contribution < -0.4 is 0 Å². The van der Waals surface area contributed by atoms with Crippen molar-refractivity contribution in [3.05, 3.63) is 35.9 Å². The van der Waals surface area contributed by atoms with Crippen LogP contribution in [-0.4, -0.2) is 5.75 Å². The molecule has 1 saturated carbocycles. The van der Waals surface area contributed by atoms with E-state index in [4.69, 9.17) is 0 Å². The lowest BCUT2D eigenvalue weighted by Crippen LogP contribution is -2.30. The summed E-state index contributed by atoms with van der Waals surface area (Å²) >= 11 is 2.12. The van der Waals surface area contributed by atoms with Gasteiger partial charge in [0.05, 0.1) is 0 Å². The Hall–Kier alpha value is -0.430. The van der Waals surface area contributed by atoms with Gasteiger partial charge >= 0.3 is 0 Å². The zero-order valence-corrected chi connectivity index (χ0v) is 8.94. The van der Waals surface area contributed by atoms with Crippen LogP contribution in [0.5, 0.6) is 0 Å². The van der Waals surface area contributed by atoms with Crippen LogP contribution in [-0.2, 0) is 4.75 Å². The second-order valence-electron chi connectivity index (χ2n) is 3.65. The number of hydrogen-bond donors (Lipinski definition) is 0. The van der Waals surface area contributed by atoms with Crippen LogP contribution in [0.2, 0.25) is 0 Å². The summed E-state index contributed by atoms with van der Waals surface area (Å²) in [4.78, 5) is 0. The van der Waals surface area contributed by atoms with Crippen LogP contribution in [0.4, 0.5) is 0 Å². The van der Waals surface area contributed by atoms with Crippen molar-refractivity contribution < 1.29 is 0 Å². The summed E-state index contributed by atoms with van der Waals surface area (Å²) < 4.78 is 0.482. The van der Waals surface area contributed by atoms with Crippen molar-refractivity contribution in [3.63, 3.8) is 0 Å². The predicted octanol–water partition coefficient (Wildman–Crippen LogP) is 3.82. The van der Waals surface area contributed by atoms with E-state index in [9.17, 15) is 0 Å². The minimum absolute atomic E-state index is 0.482. The molecule has 1 fully saturated rings. The normalized spacial score (nSPS) is 19.5. The topological polar surface area (TPSA) is 0 Å². The van der Waals surface area contributed by atoms with Crippen LogP contribution in [0.1, 0.15) is 31.7 Å². The Bertz CT molecular complexity index is 262. The molecule has 0 unspecified atom stereocenters. The fourth-order valence-corrected chi connectivity index (χ4v) is 3.47. The largest absolute Gasteiger partial charge is 0.151 e. The van der Waals surface area contributed by atoms with Crippen molar-refractivity contribution in [1.82, 2.24) is 0 Å². The van der Waals surface area contributed by atoms with Crippen LogP contribution in [0.15, 0.2) is 30.3 Å². The first-order valence-electron chi connectivity index (χ1n) is 5.07. The van der Waals surface area contributed by atoms with E-state index >= 15 is 0 Å². The Labute approximate surface area is 84.7 Å². The van der Waals surface area contributed by atoms with Gasteiger partial charge in [0.1, 0.15) is 0 Å². The van der Waals surface area contributed by atoms with Gasteiger partial charge in [0.15, 0.2) is 0 Å². The number of rotatable bonds is 3. The molecule has 0 saturated heterocycles. The number of hydrogen-bond acceptors (Lipinski definition) is 1. The molecular weight excluding hydrogens is 176 g/mol. The first kappa shape index (κ1) is 9.14. The summed E-state index contributed by atoms with van der Waals surface area (Å²) in [7, 11) is 0. The standard InChI is InChI=1S/C12H16S/c1-2-13-12(9-6-10-12)11-7-4-3-5-8-11/h3-5,7-8H,2,6,9-10H2,1H3. The van der Waals surface area contributed by atoms with Gasteiger partial charge in [0.25, 0.3) is 0 Å². The van der Waals surface area contributed by atoms with E-state index in [-0.39, 0.29) is 0 Å². The third-order valence-corrected chi connectivity index (χ3v) is 4.37. The fraction of sp³-hybridized carbons (Fsp3) is 0.500. The predicted molar refractivity (Wildman–Crippen MR) is 60.1 cm³/mol. The molecule has 2 rings (SSSR count). The third kappa shape index (κ3) is 1.62. The molecule has 0 bridgehead atoms.